The highest BCUT2D eigenvalue weighted by atomic mass is 16.6. The first-order valence-corrected chi connectivity index (χ1v) is 7.34. The Morgan fingerprint density at radius 1 is 0.905 bits per heavy atom. The summed E-state index contributed by atoms with van der Waals surface area (Å²) in [5.74, 6) is -0.153. The van der Waals surface area contributed by atoms with Crippen LogP contribution in [-0.2, 0) is 9.47 Å². The number of hydrogen-bond donors (Lipinski definition) is 0. The maximum Gasteiger partial charge on any atom is 0.374 e. The molecule has 0 atom stereocenters. The first-order valence-electron chi connectivity index (χ1n) is 7.34. The molecule has 0 unspecified atom stereocenters. The van der Waals surface area contributed by atoms with Crippen LogP contribution in [0.2, 0.25) is 0 Å². The molecule has 0 radical (unpaired) electrons. The molecule has 1 rings (SSSR count). The molecule has 0 aliphatic carbocycles. The number of furan rings is 1. The van der Waals surface area contributed by atoms with Crippen LogP contribution in [0.15, 0.2) is 16.5 Å². The van der Waals surface area contributed by atoms with Gasteiger partial charge < -0.3 is 13.9 Å². The third-order valence-corrected chi connectivity index (χ3v) is 2.87. The Labute approximate surface area is 125 Å². The Kier molecular flexibility index (Phi) is 6.99. The fourth-order valence-corrected chi connectivity index (χ4v) is 1.47. The van der Waals surface area contributed by atoms with Crippen LogP contribution in [0, 0.1) is 11.8 Å². The number of ether oxygens (including phenoxy) is 2. The van der Waals surface area contributed by atoms with Gasteiger partial charge in [-0.3, -0.25) is 0 Å². The summed E-state index contributed by atoms with van der Waals surface area (Å²) in [6, 6.07) is 2.85. The van der Waals surface area contributed by atoms with Crippen molar-refractivity contribution < 1.29 is 23.5 Å². The minimum absolute atomic E-state index is 0.0227. The van der Waals surface area contributed by atoms with Crippen molar-refractivity contribution in [2.75, 3.05) is 13.2 Å². The number of rotatable bonds is 8. The molecular formula is C16H24O5. The van der Waals surface area contributed by atoms with Crippen LogP contribution in [0.3, 0.4) is 0 Å². The molecule has 21 heavy (non-hydrogen) atoms. The Morgan fingerprint density at radius 2 is 1.29 bits per heavy atom. The number of carbonyl (C=O) groups excluding carboxylic acids is 2. The van der Waals surface area contributed by atoms with Gasteiger partial charge in [0.25, 0.3) is 0 Å². The van der Waals surface area contributed by atoms with Crippen molar-refractivity contribution in [2.45, 2.75) is 40.5 Å². The van der Waals surface area contributed by atoms with E-state index in [0.29, 0.717) is 25.0 Å². The lowest BCUT2D eigenvalue weighted by Gasteiger charge is -2.05. The normalized spacial score (nSPS) is 11.0. The van der Waals surface area contributed by atoms with Gasteiger partial charge in [0.05, 0.1) is 13.2 Å². The average molecular weight is 296 g/mol. The highest BCUT2D eigenvalue weighted by Gasteiger charge is 2.18. The van der Waals surface area contributed by atoms with Crippen LogP contribution < -0.4 is 0 Å². The maximum absolute atomic E-state index is 11.7. The quantitative estimate of drug-likeness (QED) is 0.684. The van der Waals surface area contributed by atoms with Gasteiger partial charge in [-0.05, 0) is 36.8 Å². The minimum atomic E-state index is -0.558. The molecule has 0 aromatic carbocycles. The van der Waals surface area contributed by atoms with E-state index in [2.05, 4.69) is 0 Å². The second kappa shape index (κ2) is 8.49. The summed E-state index contributed by atoms with van der Waals surface area (Å²) in [7, 11) is 0. The largest absolute Gasteiger partial charge is 0.460 e. The summed E-state index contributed by atoms with van der Waals surface area (Å²) in [6.07, 6.45) is 1.58. The first kappa shape index (κ1) is 17.3. The van der Waals surface area contributed by atoms with Crippen LogP contribution in [0.5, 0.6) is 0 Å². The zero-order valence-electron chi connectivity index (χ0n) is 13.2. The van der Waals surface area contributed by atoms with Gasteiger partial charge in [0.1, 0.15) is 0 Å². The summed E-state index contributed by atoms with van der Waals surface area (Å²) < 4.78 is 15.3. The fourth-order valence-electron chi connectivity index (χ4n) is 1.47. The lowest BCUT2D eigenvalue weighted by molar-refractivity contribution is 0.0417. The SMILES string of the molecule is CC(C)CCOC(=O)c1ccc(C(=O)OCCC(C)C)o1. The molecule has 5 nitrogen and oxygen atoms in total. The van der Waals surface area contributed by atoms with Gasteiger partial charge in [0, 0.05) is 0 Å². The minimum Gasteiger partial charge on any atom is -0.460 e. The molecule has 0 fully saturated rings. The van der Waals surface area contributed by atoms with E-state index in [1.54, 1.807) is 0 Å². The molecule has 118 valence electrons. The summed E-state index contributed by atoms with van der Waals surface area (Å²) in [5.41, 5.74) is 0. The highest BCUT2D eigenvalue weighted by Crippen LogP contribution is 2.12. The van der Waals surface area contributed by atoms with E-state index >= 15 is 0 Å². The number of esters is 2. The van der Waals surface area contributed by atoms with Gasteiger partial charge in [-0.2, -0.15) is 0 Å². The maximum atomic E-state index is 11.7. The van der Waals surface area contributed by atoms with Crippen LogP contribution in [0.1, 0.15) is 61.6 Å². The van der Waals surface area contributed by atoms with Crippen LogP contribution in [0.4, 0.5) is 0 Å². The van der Waals surface area contributed by atoms with Gasteiger partial charge in [0.2, 0.25) is 11.5 Å². The summed E-state index contributed by atoms with van der Waals surface area (Å²) >= 11 is 0. The molecule has 0 N–H and O–H groups in total. The zero-order valence-corrected chi connectivity index (χ0v) is 13.2. The zero-order chi connectivity index (χ0) is 15.8. The molecule has 0 saturated carbocycles. The predicted octanol–water partition coefficient (Wildman–Crippen LogP) is 3.69. The summed E-state index contributed by atoms with van der Waals surface area (Å²) in [6.45, 7) is 8.87. The Morgan fingerprint density at radius 3 is 1.62 bits per heavy atom. The third-order valence-electron chi connectivity index (χ3n) is 2.87. The van der Waals surface area contributed by atoms with Gasteiger partial charge in [-0.15, -0.1) is 0 Å². The van der Waals surface area contributed by atoms with E-state index in [9.17, 15) is 9.59 Å². The molecule has 1 heterocycles. The molecule has 0 aliphatic rings. The Hall–Kier alpha value is -1.78. The highest BCUT2D eigenvalue weighted by molar-refractivity contribution is 5.90. The van der Waals surface area contributed by atoms with Crippen molar-refractivity contribution in [2.24, 2.45) is 11.8 Å². The molecule has 0 bridgehead atoms. The molecule has 0 saturated heterocycles. The van der Waals surface area contributed by atoms with Crippen molar-refractivity contribution in [3.05, 3.63) is 23.7 Å². The molecule has 0 amide bonds. The lowest BCUT2D eigenvalue weighted by atomic mass is 10.1. The van der Waals surface area contributed by atoms with Crippen molar-refractivity contribution in [3.8, 4) is 0 Å². The third kappa shape index (κ3) is 6.47. The Bertz CT molecular complexity index is 418. The van der Waals surface area contributed by atoms with Crippen molar-refractivity contribution in [3.63, 3.8) is 0 Å². The van der Waals surface area contributed by atoms with Gasteiger partial charge in [0.15, 0.2) is 0 Å². The molecule has 0 spiro atoms. The molecule has 1 aromatic rings. The second-order valence-corrected chi connectivity index (χ2v) is 5.80. The second-order valence-electron chi connectivity index (χ2n) is 5.80. The predicted molar refractivity (Wildman–Crippen MR) is 78.2 cm³/mol. The van der Waals surface area contributed by atoms with E-state index in [-0.39, 0.29) is 11.5 Å². The van der Waals surface area contributed by atoms with E-state index in [4.69, 9.17) is 13.9 Å². The van der Waals surface area contributed by atoms with Gasteiger partial charge in [-0.25, -0.2) is 9.59 Å². The monoisotopic (exact) mass is 296 g/mol. The van der Waals surface area contributed by atoms with E-state index in [1.165, 1.54) is 12.1 Å². The van der Waals surface area contributed by atoms with Crippen LogP contribution in [0.25, 0.3) is 0 Å². The standard InChI is InChI=1S/C16H24O5/c1-11(2)7-9-19-15(17)13-5-6-14(21-13)16(18)20-10-8-12(3)4/h5-6,11-12H,7-10H2,1-4H3. The van der Waals surface area contributed by atoms with E-state index in [0.717, 1.165) is 12.8 Å². The average Bonchev–Trinajstić information content (AvgIpc) is 2.87. The van der Waals surface area contributed by atoms with Crippen molar-refractivity contribution in [1.29, 1.82) is 0 Å². The molecule has 5 heteroatoms. The van der Waals surface area contributed by atoms with Crippen LogP contribution in [-0.4, -0.2) is 25.2 Å². The number of hydrogen-bond acceptors (Lipinski definition) is 5. The summed E-state index contributed by atoms with van der Waals surface area (Å²) in [4.78, 5) is 23.4. The van der Waals surface area contributed by atoms with Crippen molar-refractivity contribution in [1.82, 2.24) is 0 Å². The number of carbonyl (C=O) groups is 2. The fraction of sp³-hybridized carbons (Fsp3) is 0.625. The smallest absolute Gasteiger partial charge is 0.374 e. The first-order chi connectivity index (χ1) is 9.90. The molecular weight excluding hydrogens is 272 g/mol. The van der Waals surface area contributed by atoms with E-state index < -0.39 is 11.9 Å². The van der Waals surface area contributed by atoms with Crippen LogP contribution >= 0.6 is 0 Å². The van der Waals surface area contributed by atoms with E-state index in [1.807, 2.05) is 27.7 Å². The molecule has 1 aromatic heterocycles. The van der Waals surface area contributed by atoms with Gasteiger partial charge >= 0.3 is 11.9 Å². The topological polar surface area (TPSA) is 65.7 Å². The Balaban J connectivity index is 2.44. The lowest BCUT2D eigenvalue weighted by Crippen LogP contribution is -2.08. The van der Waals surface area contributed by atoms with Gasteiger partial charge in [-0.1, -0.05) is 27.7 Å². The van der Waals surface area contributed by atoms with Crippen molar-refractivity contribution >= 4 is 11.9 Å². The molecule has 0 aliphatic heterocycles. The summed E-state index contributed by atoms with van der Waals surface area (Å²) in [5, 5.41) is 0.